The van der Waals surface area contributed by atoms with E-state index in [0.717, 1.165) is 5.75 Å². The summed E-state index contributed by atoms with van der Waals surface area (Å²) >= 11 is 1.32. The van der Waals surface area contributed by atoms with E-state index >= 15 is 0 Å². The van der Waals surface area contributed by atoms with Crippen LogP contribution in [0.15, 0.2) is 88.8 Å². The van der Waals surface area contributed by atoms with Gasteiger partial charge in [-0.2, -0.15) is 0 Å². The van der Waals surface area contributed by atoms with E-state index < -0.39 is 5.25 Å². The highest BCUT2D eigenvalue weighted by Crippen LogP contribution is 2.27. The van der Waals surface area contributed by atoms with Crippen LogP contribution in [0.1, 0.15) is 20.3 Å². The van der Waals surface area contributed by atoms with Crippen LogP contribution < -0.4 is 15.6 Å². The molecule has 33 heavy (non-hydrogen) atoms. The molecule has 0 spiro atoms. The molecule has 168 valence electrons. The van der Waals surface area contributed by atoms with Crippen molar-refractivity contribution in [2.24, 2.45) is 0 Å². The van der Waals surface area contributed by atoms with Crippen LogP contribution in [-0.2, 0) is 11.3 Å². The fourth-order valence-electron chi connectivity index (χ4n) is 3.42. The molecular formula is C26H25N3O3S. The molecule has 1 amide bonds. The van der Waals surface area contributed by atoms with Gasteiger partial charge in [0.2, 0.25) is 5.91 Å². The Kier molecular flexibility index (Phi) is 7.10. The van der Waals surface area contributed by atoms with Gasteiger partial charge in [-0.3, -0.25) is 14.2 Å². The van der Waals surface area contributed by atoms with Crippen molar-refractivity contribution >= 4 is 34.3 Å². The van der Waals surface area contributed by atoms with E-state index in [1.165, 1.54) is 11.8 Å². The van der Waals surface area contributed by atoms with Crippen LogP contribution in [0, 0.1) is 0 Å². The van der Waals surface area contributed by atoms with Crippen molar-refractivity contribution in [3.8, 4) is 11.5 Å². The van der Waals surface area contributed by atoms with Crippen LogP contribution in [0.2, 0.25) is 0 Å². The van der Waals surface area contributed by atoms with Crippen LogP contribution in [0.3, 0.4) is 0 Å². The van der Waals surface area contributed by atoms with Gasteiger partial charge in [-0.05, 0) is 61.9 Å². The van der Waals surface area contributed by atoms with Gasteiger partial charge in [0, 0.05) is 12.2 Å². The van der Waals surface area contributed by atoms with Crippen LogP contribution in [0.4, 0.5) is 5.69 Å². The predicted molar refractivity (Wildman–Crippen MR) is 133 cm³/mol. The Bertz CT molecular complexity index is 1300. The lowest BCUT2D eigenvalue weighted by Gasteiger charge is -2.17. The van der Waals surface area contributed by atoms with E-state index in [0.29, 0.717) is 40.5 Å². The molecule has 1 heterocycles. The number of carbonyl (C=O) groups is 1. The fraction of sp³-hybridized carbons (Fsp3) is 0.192. The van der Waals surface area contributed by atoms with Gasteiger partial charge < -0.3 is 10.1 Å². The first-order valence-corrected chi connectivity index (χ1v) is 11.8. The van der Waals surface area contributed by atoms with Crippen LogP contribution >= 0.6 is 11.8 Å². The summed E-state index contributed by atoms with van der Waals surface area (Å²) in [5.74, 6) is 1.30. The number of rotatable bonds is 8. The molecule has 1 unspecified atom stereocenters. The first-order valence-electron chi connectivity index (χ1n) is 10.9. The number of thioether (sulfide) groups is 1. The average molecular weight is 460 g/mol. The number of nitrogens with zero attached hydrogens (tertiary/aromatic N) is 2. The van der Waals surface area contributed by atoms with Crippen molar-refractivity contribution < 1.29 is 9.53 Å². The highest BCUT2D eigenvalue weighted by molar-refractivity contribution is 8.00. The van der Waals surface area contributed by atoms with Gasteiger partial charge in [0.15, 0.2) is 5.16 Å². The van der Waals surface area contributed by atoms with Gasteiger partial charge in [-0.1, -0.05) is 49.0 Å². The summed E-state index contributed by atoms with van der Waals surface area (Å²) in [6, 6.07) is 24.1. The highest BCUT2D eigenvalue weighted by Gasteiger charge is 2.22. The largest absolute Gasteiger partial charge is 0.457 e. The lowest BCUT2D eigenvalue weighted by atomic mass is 10.2. The SMILES string of the molecule is CCC(Sc1nc2ccccc2c(=O)n1CC)C(=O)Nc1ccc(Oc2ccccc2)cc1. The van der Waals surface area contributed by atoms with E-state index in [2.05, 4.69) is 10.3 Å². The number of amides is 1. The molecule has 4 rings (SSSR count). The first kappa shape index (κ1) is 22.6. The average Bonchev–Trinajstić information content (AvgIpc) is 2.84. The Morgan fingerprint density at radius 3 is 2.33 bits per heavy atom. The summed E-state index contributed by atoms with van der Waals surface area (Å²) in [7, 11) is 0. The van der Waals surface area contributed by atoms with Gasteiger partial charge >= 0.3 is 0 Å². The number of hydrogen-bond acceptors (Lipinski definition) is 5. The topological polar surface area (TPSA) is 73.2 Å². The molecule has 4 aromatic rings. The summed E-state index contributed by atoms with van der Waals surface area (Å²) in [5.41, 5.74) is 1.23. The Morgan fingerprint density at radius 2 is 1.64 bits per heavy atom. The molecule has 0 aliphatic carbocycles. The second kappa shape index (κ2) is 10.4. The molecule has 0 aliphatic heterocycles. The van der Waals surface area contributed by atoms with E-state index in [-0.39, 0.29) is 11.5 Å². The maximum atomic E-state index is 13.0. The highest BCUT2D eigenvalue weighted by atomic mass is 32.2. The Labute approximate surface area is 196 Å². The van der Waals surface area contributed by atoms with Gasteiger partial charge in [0.1, 0.15) is 11.5 Å². The second-order valence-electron chi connectivity index (χ2n) is 7.40. The molecule has 1 N–H and O–H groups in total. The number of fused-ring (bicyclic) bond motifs is 1. The second-order valence-corrected chi connectivity index (χ2v) is 8.57. The van der Waals surface area contributed by atoms with E-state index in [9.17, 15) is 9.59 Å². The molecule has 6 nitrogen and oxygen atoms in total. The molecule has 0 bridgehead atoms. The number of anilines is 1. The molecule has 1 atom stereocenters. The predicted octanol–water partition coefficient (Wildman–Crippen LogP) is 5.72. The Hall–Kier alpha value is -3.58. The minimum Gasteiger partial charge on any atom is -0.457 e. The minimum absolute atomic E-state index is 0.0881. The van der Waals surface area contributed by atoms with Crippen LogP contribution in [0.5, 0.6) is 11.5 Å². The summed E-state index contributed by atoms with van der Waals surface area (Å²) in [6.07, 6.45) is 0.595. The Balaban J connectivity index is 1.48. The number of aromatic nitrogens is 2. The summed E-state index contributed by atoms with van der Waals surface area (Å²) in [6.45, 7) is 4.34. The number of nitrogens with one attached hydrogen (secondary N) is 1. The maximum Gasteiger partial charge on any atom is 0.262 e. The third kappa shape index (κ3) is 5.26. The van der Waals surface area contributed by atoms with Crippen molar-refractivity contribution in [1.29, 1.82) is 0 Å². The zero-order valence-corrected chi connectivity index (χ0v) is 19.3. The molecule has 0 saturated carbocycles. The fourth-order valence-corrected chi connectivity index (χ4v) is 4.50. The van der Waals surface area contributed by atoms with E-state index in [1.54, 1.807) is 10.6 Å². The zero-order chi connectivity index (χ0) is 23.2. The summed E-state index contributed by atoms with van der Waals surface area (Å²) < 4.78 is 7.42. The molecule has 0 aliphatic rings. The van der Waals surface area contributed by atoms with Gasteiger partial charge in [0.05, 0.1) is 16.2 Å². The van der Waals surface area contributed by atoms with Crippen LogP contribution in [0.25, 0.3) is 10.9 Å². The monoisotopic (exact) mass is 459 g/mol. The molecule has 0 fully saturated rings. The van der Waals surface area contributed by atoms with Gasteiger partial charge in [-0.15, -0.1) is 0 Å². The molecule has 0 radical (unpaired) electrons. The van der Waals surface area contributed by atoms with Crippen molar-refractivity contribution in [2.45, 2.75) is 37.2 Å². The first-order chi connectivity index (χ1) is 16.1. The molecule has 7 heteroatoms. The van der Waals surface area contributed by atoms with Gasteiger partial charge in [0.25, 0.3) is 5.56 Å². The quantitative estimate of drug-likeness (QED) is 0.270. The molecule has 1 aromatic heterocycles. The number of benzene rings is 3. The minimum atomic E-state index is -0.392. The smallest absolute Gasteiger partial charge is 0.262 e. The van der Waals surface area contributed by atoms with E-state index in [1.807, 2.05) is 86.6 Å². The van der Waals surface area contributed by atoms with Crippen molar-refractivity contribution in [3.63, 3.8) is 0 Å². The van der Waals surface area contributed by atoms with Crippen molar-refractivity contribution in [1.82, 2.24) is 9.55 Å². The van der Waals surface area contributed by atoms with Crippen LogP contribution in [-0.4, -0.2) is 20.7 Å². The number of para-hydroxylation sites is 2. The Morgan fingerprint density at radius 1 is 0.970 bits per heavy atom. The summed E-state index contributed by atoms with van der Waals surface area (Å²) in [4.78, 5) is 30.5. The van der Waals surface area contributed by atoms with Crippen molar-refractivity contribution in [2.75, 3.05) is 5.32 Å². The number of hydrogen-bond donors (Lipinski definition) is 1. The van der Waals surface area contributed by atoms with E-state index in [4.69, 9.17) is 4.74 Å². The number of carbonyl (C=O) groups excluding carboxylic acids is 1. The normalized spacial score (nSPS) is 11.8. The standard InChI is InChI=1S/C26H25N3O3S/c1-3-23(33-26-28-22-13-9-8-12-21(22)25(31)29(26)4-2)24(30)27-18-14-16-20(17-15-18)32-19-10-6-5-7-11-19/h5-17,23H,3-4H2,1-2H3,(H,27,30). The van der Waals surface area contributed by atoms with Gasteiger partial charge in [-0.25, -0.2) is 4.98 Å². The lowest BCUT2D eigenvalue weighted by Crippen LogP contribution is -2.28. The number of ether oxygens (including phenoxy) is 1. The summed E-state index contributed by atoms with van der Waals surface area (Å²) in [5, 5.41) is 3.70. The molecule has 3 aromatic carbocycles. The third-order valence-corrected chi connectivity index (χ3v) is 6.51. The lowest BCUT2D eigenvalue weighted by molar-refractivity contribution is -0.115. The zero-order valence-electron chi connectivity index (χ0n) is 18.5. The molecule has 0 saturated heterocycles. The molecular weight excluding hydrogens is 434 g/mol. The third-order valence-electron chi connectivity index (χ3n) is 5.15. The van der Waals surface area contributed by atoms with Crippen molar-refractivity contribution in [3.05, 3.63) is 89.2 Å². The maximum absolute atomic E-state index is 13.0.